The summed E-state index contributed by atoms with van der Waals surface area (Å²) in [5, 5.41) is 9.34. The third-order valence-electron chi connectivity index (χ3n) is 2.88. The molecule has 0 saturated carbocycles. The highest BCUT2D eigenvalue weighted by molar-refractivity contribution is 6.33. The third-order valence-corrected chi connectivity index (χ3v) is 3.20. The first-order valence-corrected chi connectivity index (χ1v) is 6.30. The molecule has 1 heterocycles. The molecule has 2 rings (SSSR count). The van der Waals surface area contributed by atoms with Gasteiger partial charge in [0.05, 0.1) is 16.3 Å². The van der Waals surface area contributed by atoms with Crippen molar-refractivity contribution < 1.29 is 23.4 Å². The van der Waals surface area contributed by atoms with Gasteiger partial charge in [-0.1, -0.05) is 11.6 Å². The number of halogens is 3. The number of carbonyl (C=O) groups is 1. The molecule has 0 unspecified atom stereocenters. The molecule has 0 aromatic heterocycles. The number of carboxylic acids is 1. The highest BCUT2D eigenvalue weighted by Gasteiger charge is 2.19. The molecule has 0 fully saturated rings. The Morgan fingerprint density at radius 1 is 1.45 bits per heavy atom. The number of benzene rings is 1. The van der Waals surface area contributed by atoms with Crippen molar-refractivity contribution in [3.05, 3.63) is 35.0 Å². The first-order valence-electron chi connectivity index (χ1n) is 5.92. The molecular formula is C13H12ClF2NO3. The van der Waals surface area contributed by atoms with E-state index in [2.05, 4.69) is 4.74 Å². The molecule has 20 heavy (non-hydrogen) atoms. The Balaban J connectivity index is 2.31. The van der Waals surface area contributed by atoms with Crippen LogP contribution in [0.1, 0.15) is 12.8 Å². The predicted molar refractivity (Wildman–Crippen MR) is 70.4 cm³/mol. The zero-order valence-electron chi connectivity index (χ0n) is 10.4. The maximum absolute atomic E-state index is 12.2. The standard InChI is InChI=1S/C13H12ClF2NO3/c14-10-4-3-9(20-13(15)16)6-11(10)17-5-1-2-8(7-17)12(18)19/h3-4,6-7,13H,1-2,5H2,(H,18,19). The molecule has 1 aliphatic heterocycles. The Kier molecular flexibility index (Phi) is 4.44. The van der Waals surface area contributed by atoms with Gasteiger partial charge in [0.25, 0.3) is 0 Å². The minimum absolute atomic E-state index is 0.0183. The Bertz CT molecular complexity index is 548. The maximum atomic E-state index is 12.2. The van der Waals surface area contributed by atoms with Crippen LogP contribution in [0.3, 0.4) is 0 Å². The number of aliphatic carboxylic acids is 1. The van der Waals surface area contributed by atoms with Crippen molar-refractivity contribution in [3.8, 4) is 5.75 Å². The Morgan fingerprint density at radius 2 is 2.20 bits per heavy atom. The second-order valence-electron chi connectivity index (χ2n) is 4.25. The number of ether oxygens (including phenoxy) is 1. The van der Waals surface area contributed by atoms with Crippen LogP contribution in [0.5, 0.6) is 5.75 Å². The summed E-state index contributed by atoms with van der Waals surface area (Å²) in [4.78, 5) is 12.6. The minimum atomic E-state index is -2.92. The highest BCUT2D eigenvalue weighted by Crippen LogP contribution is 2.33. The molecule has 1 N–H and O–H groups in total. The number of hydrogen-bond donors (Lipinski definition) is 1. The molecule has 0 saturated heterocycles. The third kappa shape index (κ3) is 3.39. The van der Waals surface area contributed by atoms with Crippen LogP contribution in [0, 0.1) is 0 Å². The lowest BCUT2D eigenvalue weighted by Gasteiger charge is -2.26. The maximum Gasteiger partial charge on any atom is 0.387 e. The number of carboxylic acid groups (broad SMARTS) is 1. The van der Waals surface area contributed by atoms with Crippen LogP contribution in [0.4, 0.5) is 14.5 Å². The van der Waals surface area contributed by atoms with E-state index in [4.69, 9.17) is 16.7 Å². The smallest absolute Gasteiger partial charge is 0.387 e. The van der Waals surface area contributed by atoms with Gasteiger partial charge in [0.2, 0.25) is 0 Å². The molecule has 108 valence electrons. The van der Waals surface area contributed by atoms with Crippen LogP contribution in [0.15, 0.2) is 30.0 Å². The summed E-state index contributed by atoms with van der Waals surface area (Å²) in [7, 11) is 0. The molecule has 7 heteroatoms. The van der Waals surface area contributed by atoms with Gasteiger partial charge < -0.3 is 14.7 Å². The Hall–Kier alpha value is -1.82. The SMILES string of the molecule is O=C(O)C1=CN(c2cc(OC(F)F)ccc2Cl)CCC1. The summed E-state index contributed by atoms with van der Waals surface area (Å²) in [6.45, 7) is -2.36. The fourth-order valence-electron chi connectivity index (χ4n) is 2.00. The van der Waals surface area contributed by atoms with E-state index in [0.29, 0.717) is 30.1 Å². The van der Waals surface area contributed by atoms with Crippen LogP contribution in [0.2, 0.25) is 5.02 Å². The molecule has 0 radical (unpaired) electrons. The number of nitrogens with zero attached hydrogens (tertiary/aromatic N) is 1. The molecule has 1 aliphatic rings. The largest absolute Gasteiger partial charge is 0.478 e. The van der Waals surface area contributed by atoms with Gasteiger partial charge in [0, 0.05) is 18.8 Å². The zero-order chi connectivity index (χ0) is 14.7. The summed E-state index contributed by atoms with van der Waals surface area (Å²) >= 11 is 6.03. The summed E-state index contributed by atoms with van der Waals surface area (Å²) in [5.74, 6) is -1.01. The van der Waals surface area contributed by atoms with Crippen LogP contribution >= 0.6 is 11.6 Å². The monoisotopic (exact) mass is 303 g/mol. The molecule has 4 nitrogen and oxygen atoms in total. The second-order valence-corrected chi connectivity index (χ2v) is 4.66. The van der Waals surface area contributed by atoms with E-state index >= 15 is 0 Å². The molecule has 0 spiro atoms. The van der Waals surface area contributed by atoms with E-state index in [1.807, 2.05) is 0 Å². The number of rotatable bonds is 4. The van der Waals surface area contributed by atoms with Crippen LogP contribution < -0.4 is 9.64 Å². The van der Waals surface area contributed by atoms with Gasteiger partial charge in [-0.3, -0.25) is 0 Å². The topological polar surface area (TPSA) is 49.8 Å². The van der Waals surface area contributed by atoms with Crippen molar-refractivity contribution in [2.45, 2.75) is 19.5 Å². The molecule has 1 aromatic rings. The summed E-state index contributed by atoms with van der Waals surface area (Å²) in [6.07, 6.45) is 2.59. The quantitative estimate of drug-likeness (QED) is 0.925. The summed E-state index contributed by atoms with van der Waals surface area (Å²) in [6, 6.07) is 4.15. The first kappa shape index (κ1) is 14.6. The Labute approximate surface area is 119 Å². The van der Waals surface area contributed by atoms with Gasteiger partial charge in [-0.05, 0) is 25.0 Å². The summed E-state index contributed by atoms with van der Waals surface area (Å²) in [5.41, 5.74) is 0.704. The molecule has 0 amide bonds. The molecular weight excluding hydrogens is 292 g/mol. The fraction of sp³-hybridized carbons (Fsp3) is 0.308. The zero-order valence-corrected chi connectivity index (χ0v) is 11.1. The van der Waals surface area contributed by atoms with E-state index < -0.39 is 12.6 Å². The number of anilines is 1. The molecule has 0 aliphatic carbocycles. The van der Waals surface area contributed by atoms with E-state index in [9.17, 15) is 13.6 Å². The molecule has 0 atom stereocenters. The minimum Gasteiger partial charge on any atom is -0.478 e. The van der Waals surface area contributed by atoms with Gasteiger partial charge in [-0.15, -0.1) is 0 Å². The van der Waals surface area contributed by atoms with Crippen molar-refractivity contribution >= 4 is 23.3 Å². The van der Waals surface area contributed by atoms with Gasteiger partial charge in [-0.25, -0.2) is 4.79 Å². The van der Waals surface area contributed by atoms with Crippen molar-refractivity contribution in [1.29, 1.82) is 0 Å². The van der Waals surface area contributed by atoms with Crippen molar-refractivity contribution in [2.75, 3.05) is 11.4 Å². The van der Waals surface area contributed by atoms with Gasteiger partial charge in [0.1, 0.15) is 5.75 Å². The van der Waals surface area contributed by atoms with Crippen LogP contribution in [-0.4, -0.2) is 24.2 Å². The second kappa shape index (κ2) is 6.09. The van der Waals surface area contributed by atoms with E-state index in [-0.39, 0.29) is 11.3 Å². The first-order chi connectivity index (χ1) is 9.47. The normalized spacial score (nSPS) is 15.2. The lowest BCUT2D eigenvalue weighted by atomic mass is 10.1. The van der Waals surface area contributed by atoms with E-state index in [0.717, 1.165) is 0 Å². The number of alkyl halides is 2. The molecule has 1 aromatic carbocycles. The average molecular weight is 304 g/mol. The van der Waals surface area contributed by atoms with Crippen molar-refractivity contribution in [2.24, 2.45) is 0 Å². The van der Waals surface area contributed by atoms with E-state index in [1.165, 1.54) is 24.4 Å². The average Bonchev–Trinajstić information content (AvgIpc) is 2.40. The summed E-state index contributed by atoms with van der Waals surface area (Å²) < 4.78 is 28.7. The highest BCUT2D eigenvalue weighted by atomic mass is 35.5. The van der Waals surface area contributed by atoms with Gasteiger partial charge in [0.15, 0.2) is 0 Å². The lowest BCUT2D eigenvalue weighted by Crippen LogP contribution is -2.24. The number of hydrogen-bond acceptors (Lipinski definition) is 3. The van der Waals surface area contributed by atoms with Crippen LogP contribution in [-0.2, 0) is 4.79 Å². The fourth-order valence-corrected chi connectivity index (χ4v) is 2.22. The van der Waals surface area contributed by atoms with Crippen molar-refractivity contribution in [3.63, 3.8) is 0 Å². The predicted octanol–water partition coefficient (Wildman–Crippen LogP) is 3.51. The lowest BCUT2D eigenvalue weighted by molar-refractivity contribution is -0.132. The van der Waals surface area contributed by atoms with E-state index in [1.54, 1.807) is 4.90 Å². The van der Waals surface area contributed by atoms with Crippen LogP contribution in [0.25, 0.3) is 0 Å². The molecule has 0 bridgehead atoms. The van der Waals surface area contributed by atoms with Gasteiger partial charge in [-0.2, -0.15) is 8.78 Å². The van der Waals surface area contributed by atoms with Crippen molar-refractivity contribution in [1.82, 2.24) is 0 Å². The van der Waals surface area contributed by atoms with Gasteiger partial charge >= 0.3 is 12.6 Å². The Morgan fingerprint density at radius 3 is 2.85 bits per heavy atom.